The number of anilines is 1. The number of thiophene rings is 1. The summed E-state index contributed by atoms with van der Waals surface area (Å²) >= 11 is 1.66. The maximum atomic E-state index is 13.1. The molecule has 26 heavy (non-hydrogen) atoms. The van der Waals surface area contributed by atoms with Crippen LogP contribution in [0.4, 0.5) is 11.4 Å². The van der Waals surface area contributed by atoms with Gasteiger partial charge in [0.15, 0.2) is 5.75 Å². The average molecular weight is 375 g/mol. The molecular weight excluding hydrogens is 354 g/mol. The van der Waals surface area contributed by atoms with Crippen LogP contribution in [0.1, 0.15) is 34.1 Å². The number of fused-ring (bicyclic) bond motifs is 1. The number of hydrogen-bond acceptors (Lipinski definition) is 6. The van der Waals surface area contributed by atoms with Gasteiger partial charge < -0.3 is 14.5 Å². The Kier molecular flexibility index (Phi) is 5.24. The first-order chi connectivity index (χ1) is 12.4. The van der Waals surface area contributed by atoms with E-state index >= 15 is 0 Å². The number of nitrogens with zero attached hydrogens (tertiary/aromatic N) is 3. The summed E-state index contributed by atoms with van der Waals surface area (Å²) < 4.78 is 5.10. The van der Waals surface area contributed by atoms with Crippen LogP contribution in [0.3, 0.4) is 0 Å². The van der Waals surface area contributed by atoms with Crippen LogP contribution in [0.2, 0.25) is 0 Å². The first kappa shape index (κ1) is 18.3. The summed E-state index contributed by atoms with van der Waals surface area (Å²) in [5.74, 6) is -0.0790. The molecule has 0 N–H and O–H groups in total. The van der Waals surface area contributed by atoms with Crippen molar-refractivity contribution >= 4 is 28.6 Å². The molecule has 3 rings (SSSR count). The molecule has 8 heteroatoms. The number of methoxy groups -OCH3 is 1. The minimum atomic E-state index is -0.516. The van der Waals surface area contributed by atoms with Crippen molar-refractivity contribution in [2.45, 2.75) is 18.9 Å². The Labute approximate surface area is 155 Å². The van der Waals surface area contributed by atoms with E-state index in [1.54, 1.807) is 16.2 Å². The molecular formula is C18H21N3O4S. The highest BCUT2D eigenvalue weighted by atomic mass is 32.1. The number of carbonyl (C=O) groups excluding carboxylic acids is 1. The van der Waals surface area contributed by atoms with Gasteiger partial charge in [-0.2, -0.15) is 0 Å². The molecule has 1 aromatic carbocycles. The summed E-state index contributed by atoms with van der Waals surface area (Å²) in [4.78, 5) is 28.8. The normalized spacial score (nSPS) is 16.9. The van der Waals surface area contributed by atoms with E-state index in [2.05, 4.69) is 4.90 Å². The number of carbonyl (C=O) groups is 1. The molecule has 0 aliphatic carbocycles. The Morgan fingerprint density at radius 3 is 2.81 bits per heavy atom. The molecule has 1 amide bonds. The molecule has 1 aromatic heterocycles. The van der Waals surface area contributed by atoms with Crippen molar-refractivity contribution < 1.29 is 14.5 Å². The Morgan fingerprint density at radius 2 is 2.15 bits per heavy atom. The lowest BCUT2D eigenvalue weighted by Gasteiger charge is -2.24. The zero-order chi connectivity index (χ0) is 18.8. The van der Waals surface area contributed by atoms with Crippen LogP contribution in [0.25, 0.3) is 0 Å². The second-order valence-corrected chi connectivity index (χ2v) is 7.34. The third kappa shape index (κ3) is 3.30. The fraction of sp³-hybridized carbons (Fsp3) is 0.389. The summed E-state index contributed by atoms with van der Waals surface area (Å²) in [5.41, 5.74) is 1.16. The van der Waals surface area contributed by atoms with Gasteiger partial charge in [-0.3, -0.25) is 14.9 Å². The Morgan fingerprint density at radius 1 is 1.38 bits per heavy atom. The van der Waals surface area contributed by atoms with Crippen molar-refractivity contribution in [3.63, 3.8) is 0 Å². The van der Waals surface area contributed by atoms with E-state index in [1.165, 1.54) is 30.2 Å². The third-order valence-corrected chi connectivity index (χ3v) is 5.63. The Bertz CT molecular complexity index is 834. The van der Waals surface area contributed by atoms with E-state index < -0.39 is 4.92 Å². The molecule has 0 saturated heterocycles. The van der Waals surface area contributed by atoms with Gasteiger partial charge in [0.2, 0.25) is 0 Å². The highest BCUT2D eigenvalue weighted by Gasteiger charge is 2.30. The van der Waals surface area contributed by atoms with E-state index in [0.717, 1.165) is 18.5 Å². The molecule has 0 saturated carbocycles. The summed E-state index contributed by atoms with van der Waals surface area (Å²) in [5, 5.41) is 13.1. The molecule has 0 spiro atoms. The molecule has 138 valence electrons. The number of benzene rings is 1. The van der Waals surface area contributed by atoms with Gasteiger partial charge in [-0.15, -0.1) is 11.3 Å². The maximum absolute atomic E-state index is 13.1. The van der Waals surface area contributed by atoms with E-state index in [1.807, 2.05) is 25.5 Å². The molecule has 2 heterocycles. The standard InChI is InChI=1S/C18H21N3O4S/c1-19(2)14-5-4-9-20(15-8-10-26-17(14)15)18(22)12-6-7-13(21(23)24)16(11-12)25-3/h6-8,10-11,14H,4-5,9H2,1-3H3. The zero-order valence-corrected chi connectivity index (χ0v) is 15.8. The van der Waals surface area contributed by atoms with Crippen LogP contribution in [-0.4, -0.2) is 43.5 Å². The van der Waals surface area contributed by atoms with Gasteiger partial charge >= 0.3 is 5.69 Å². The zero-order valence-electron chi connectivity index (χ0n) is 15.0. The van der Waals surface area contributed by atoms with Crippen molar-refractivity contribution in [2.75, 3.05) is 32.6 Å². The van der Waals surface area contributed by atoms with Crippen LogP contribution < -0.4 is 9.64 Å². The van der Waals surface area contributed by atoms with Crippen LogP contribution in [0.15, 0.2) is 29.6 Å². The van der Waals surface area contributed by atoms with Crippen molar-refractivity contribution in [1.29, 1.82) is 0 Å². The van der Waals surface area contributed by atoms with Crippen molar-refractivity contribution in [2.24, 2.45) is 0 Å². The van der Waals surface area contributed by atoms with Crippen LogP contribution in [0.5, 0.6) is 5.75 Å². The first-order valence-corrected chi connectivity index (χ1v) is 9.20. The highest BCUT2D eigenvalue weighted by molar-refractivity contribution is 7.10. The average Bonchev–Trinajstić information content (AvgIpc) is 3.01. The lowest BCUT2D eigenvalue weighted by atomic mass is 10.1. The van der Waals surface area contributed by atoms with Gasteiger partial charge in [0, 0.05) is 35.2 Å². The number of nitro groups is 1. The number of hydrogen-bond donors (Lipinski definition) is 0. The Hall–Kier alpha value is -2.45. The summed E-state index contributed by atoms with van der Waals surface area (Å²) in [6.45, 7) is 0.617. The monoisotopic (exact) mass is 375 g/mol. The molecule has 1 aliphatic heterocycles. The van der Waals surface area contributed by atoms with Gasteiger partial charge in [0.25, 0.3) is 5.91 Å². The van der Waals surface area contributed by atoms with Crippen molar-refractivity contribution in [3.8, 4) is 5.75 Å². The lowest BCUT2D eigenvalue weighted by Crippen LogP contribution is -2.31. The van der Waals surface area contributed by atoms with Crippen LogP contribution in [0, 0.1) is 10.1 Å². The number of ether oxygens (including phenoxy) is 1. The van der Waals surface area contributed by atoms with Gasteiger partial charge in [0.05, 0.1) is 17.7 Å². The van der Waals surface area contributed by atoms with Crippen LogP contribution in [-0.2, 0) is 0 Å². The van der Waals surface area contributed by atoms with Crippen LogP contribution >= 0.6 is 11.3 Å². The predicted molar refractivity (Wildman–Crippen MR) is 101 cm³/mol. The topological polar surface area (TPSA) is 75.9 Å². The minimum absolute atomic E-state index is 0.0902. The number of rotatable bonds is 4. The second-order valence-electron chi connectivity index (χ2n) is 6.39. The minimum Gasteiger partial charge on any atom is -0.490 e. The second kappa shape index (κ2) is 7.43. The van der Waals surface area contributed by atoms with Crippen molar-refractivity contribution in [3.05, 3.63) is 50.2 Å². The van der Waals surface area contributed by atoms with Crippen molar-refractivity contribution in [1.82, 2.24) is 4.90 Å². The fourth-order valence-corrected chi connectivity index (χ4v) is 4.43. The third-order valence-electron chi connectivity index (χ3n) is 4.62. The van der Waals surface area contributed by atoms with E-state index in [-0.39, 0.29) is 23.4 Å². The molecule has 1 atom stereocenters. The summed E-state index contributed by atoms with van der Waals surface area (Å²) in [7, 11) is 5.46. The molecule has 7 nitrogen and oxygen atoms in total. The predicted octanol–water partition coefficient (Wildman–Crippen LogP) is 3.71. The molecule has 2 aromatic rings. The van der Waals surface area contributed by atoms with E-state index in [4.69, 9.17) is 4.74 Å². The van der Waals surface area contributed by atoms with E-state index in [9.17, 15) is 14.9 Å². The summed E-state index contributed by atoms with van der Waals surface area (Å²) in [6, 6.07) is 6.52. The smallest absolute Gasteiger partial charge is 0.310 e. The molecule has 0 fully saturated rings. The quantitative estimate of drug-likeness (QED) is 0.601. The lowest BCUT2D eigenvalue weighted by molar-refractivity contribution is -0.385. The van der Waals surface area contributed by atoms with Gasteiger partial charge in [-0.25, -0.2) is 0 Å². The molecule has 0 radical (unpaired) electrons. The number of nitro benzene ring substituents is 1. The highest BCUT2D eigenvalue weighted by Crippen LogP contribution is 2.40. The molecule has 0 bridgehead atoms. The first-order valence-electron chi connectivity index (χ1n) is 8.32. The maximum Gasteiger partial charge on any atom is 0.310 e. The van der Waals surface area contributed by atoms with Gasteiger partial charge in [-0.1, -0.05) is 0 Å². The van der Waals surface area contributed by atoms with E-state index in [0.29, 0.717) is 12.1 Å². The van der Waals surface area contributed by atoms with Gasteiger partial charge in [-0.05, 0) is 44.4 Å². The number of amides is 1. The molecule has 1 aliphatic rings. The summed E-state index contributed by atoms with van der Waals surface area (Å²) in [6.07, 6.45) is 1.87. The Balaban J connectivity index is 1.97. The van der Waals surface area contributed by atoms with Gasteiger partial charge in [0.1, 0.15) is 0 Å². The SMILES string of the molecule is COc1cc(C(=O)N2CCCC(N(C)C)c3sccc32)ccc1[N+](=O)[O-]. The molecule has 1 unspecified atom stereocenters. The fourth-order valence-electron chi connectivity index (χ4n) is 3.30. The largest absolute Gasteiger partial charge is 0.490 e.